The number of hydrogen-bond donors (Lipinski definition) is 0. The lowest BCUT2D eigenvalue weighted by atomic mass is 10.1. The van der Waals surface area contributed by atoms with Crippen molar-refractivity contribution < 1.29 is 4.55 Å². The summed E-state index contributed by atoms with van der Waals surface area (Å²) in [5, 5.41) is 0. The molecule has 0 N–H and O–H groups in total. The van der Waals surface area contributed by atoms with Crippen molar-refractivity contribution in [2.45, 2.75) is 78.1 Å². The Morgan fingerprint density at radius 2 is 1.12 bits per heavy atom. The van der Waals surface area contributed by atoms with Crippen LogP contribution in [0.4, 0.5) is 0 Å². The lowest BCUT2D eigenvalue weighted by Gasteiger charge is -2.07. The molecule has 0 heterocycles. The standard InChI is InChI=1S/C14H30OS/c1-3-5-6-7-8-9-10-11-12-13-14-16(15)4-2/h3-14H2,1-2H3. The highest BCUT2D eigenvalue weighted by molar-refractivity contribution is 7.91. The third-order valence-corrected chi connectivity index (χ3v) is 4.44. The van der Waals surface area contributed by atoms with E-state index in [0.29, 0.717) is 0 Å². The lowest BCUT2D eigenvalue weighted by Crippen LogP contribution is -2.08. The third-order valence-electron chi connectivity index (χ3n) is 3.05. The maximum absolute atomic E-state index is 11.2. The van der Waals surface area contributed by atoms with Gasteiger partial charge < -0.3 is 4.55 Å². The van der Waals surface area contributed by atoms with Gasteiger partial charge in [0, 0.05) is 0 Å². The van der Waals surface area contributed by atoms with Gasteiger partial charge in [-0.3, -0.25) is 0 Å². The van der Waals surface area contributed by atoms with Crippen LogP contribution in [-0.2, 0) is 11.2 Å². The topological polar surface area (TPSA) is 23.1 Å². The normalized spacial score (nSPS) is 12.9. The predicted octanol–water partition coefficient (Wildman–Crippen LogP) is 4.68. The third kappa shape index (κ3) is 12.4. The van der Waals surface area contributed by atoms with Crippen LogP contribution >= 0.6 is 0 Å². The zero-order chi connectivity index (χ0) is 12.1. The molecule has 1 unspecified atom stereocenters. The first-order valence-electron chi connectivity index (χ1n) is 7.16. The molecule has 0 aromatic rings. The second-order valence-corrected chi connectivity index (χ2v) is 6.48. The van der Waals surface area contributed by atoms with Gasteiger partial charge in [-0.1, -0.05) is 69.5 Å². The Bertz CT molecular complexity index is 128. The number of rotatable bonds is 12. The summed E-state index contributed by atoms with van der Waals surface area (Å²) in [5.41, 5.74) is 0. The van der Waals surface area contributed by atoms with E-state index in [4.69, 9.17) is 0 Å². The van der Waals surface area contributed by atoms with Gasteiger partial charge in [-0.05, 0) is 19.8 Å². The molecule has 0 aromatic carbocycles. The second-order valence-electron chi connectivity index (χ2n) is 4.61. The van der Waals surface area contributed by atoms with Crippen LogP contribution in [0.5, 0.6) is 0 Å². The minimum Gasteiger partial charge on any atom is -0.616 e. The molecular weight excluding hydrogens is 216 g/mol. The van der Waals surface area contributed by atoms with Crippen molar-refractivity contribution >= 4 is 11.2 Å². The van der Waals surface area contributed by atoms with Gasteiger partial charge in [0.05, 0.1) is 0 Å². The van der Waals surface area contributed by atoms with E-state index in [1.807, 2.05) is 6.92 Å². The smallest absolute Gasteiger partial charge is 0.105 e. The lowest BCUT2D eigenvalue weighted by molar-refractivity contribution is 0.558. The molecule has 0 aromatic heterocycles. The predicted molar refractivity (Wildman–Crippen MR) is 75.4 cm³/mol. The summed E-state index contributed by atoms with van der Waals surface area (Å²) in [6.07, 6.45) is 13.6. The molecule has 0 aliphatic rings. The highest BCUT2D eigenvalue weighted by Gasteiger charge is 2.00. The zero-order valence-corrected chi connectivity index (χ0v) is 12.1. The van der Waals surface area contributed by atoms with E-state index in [1.54, 1.807) is 0 Å². The maximum atomic E-state index is 11.2. The summed E-state index contributed by atoms with van der Waals surface area (Å²) in [6.45, 7) is 4.27. The Morgan fingerprint density at radius 1 is 0.688 bits per heavy atom. The van der Waals surface area contributed by atoms with E-state index in [0.717, 1.165) is 17.9 Å². The first-order chi connectivity index (χ1) is 7.81. The maximum Gasteiger partial charge on any atom is 0.105 e. The Morgan fingerprint density at radius 3 is 1.56 bits per heavy atom. The van der Waals surface area contributed by atoms with Crippen LogP contribution < -0.4 is 0 Å². The van der Waals surface area contributed by atoms with Gasteiger partial charge >= 0.3 is 0 Å². The quantitative estimate of drug-likeness (QED) is 0.362. The molecule has 1 nitrogen and oxygen atoms in total. The van der Waals surface area contributed by atoms with E-state index in [-0.39, 0.29) is 0 Å². The van der Waals surface area contributed by atoms with E-state index in [9.17, 15) is 4.55 Å². The molecule has 0 fully saturated rings. The van der Waals surface area contributed by atoms with Crippen LogP contribution in [0.1, 0.15) is 78.1 Å². The molecule has 0 rings (SSSR count). The fraction of sp³-hybridized carbons (Fsp3) is 1.00. The van der Waals surface area contributed by atoms with Crippen molar-refractivity contribution in [3.05, 3.63) is 0 Å². The average Bonchev–Trinajstić information content (AvgIpc) is 2.31. The summed E-state index contributed by atoms with van der Waals surface area (Å²) >= 11 is -0.540. The molecule has 0 radical (unpaired) electrons. The Kier molecular flexibility index (Phi) is 13.6. The van der Waals surface area contributed by atoms with Gasteiger partial charge in [0.2, 0.25) is 0 Å². The second kappa shape index (κ2) is 13.4. The van der Waals surface area contributed by atoms with Gasteiger partial charge in [0.15, 0.2) is 0 Å². The van der Waals surface area contributed by atoms with Crippen LogP contribution in [0.3, 0.4) is 0 Å². The average molecular weight is 246 g/mol. The van der Waals surface area contributed by atoms with E-state index in [1.165, 1.54) is 57.8 Å². The molecule has 0 amide bonds. The van der Waals surface area contributed by atoms with E-state index < -0.39 is 11.2 Å². The van der Waals surface area contributed by atoms with Crippen molar-refractivity contribution in [2.24, 2.45) is 0 Å². The van der Waals surface area contributed by atoms with Gasteiger partial charge in [0.25, 0.3) is 0 Å². The highest BCUT2D eigenvalue weighted by atomic mass is 32.2. The first-order valence-corrected chi connectivity index (χ1v) is 8.65. The Hall–Kier alpha value is 0.310. The van der Waals surface area contributed by atoms with Crippen molar-refractivity contribution in [2.75, 3.05) is 11.5 Å². The molecular formula is C14H30OS. The summed E-state index contributed by atoms with van der Waals surface area (Å²) in [5.74, 6) is 1.75. The largest absolute Gasteiger partial charge is 0.616 e. The fourth-order valence-electron chi connectivity index (χ4n) is 1.89. The molecule has 1 atom stereocenters. The van der Waals surface area contributed by atoms with Crippen LogP contribution in [0.15, 0.2) is 0 Å². The summed E-state index contributed by atoms with van der Waals surface area (Å²) < 4.78 is 11.2. The molecule has 0 bridgehead atoms. The van der Waals surface area contributed by atoms with Crippen LogP contribution in [0.2, 0.25) is 0 Å². The van der Waals surface area contributed by atoms with Gasteiger partial charge in [0.1, 0.15) is 11.5 Å². The van der Waals surface area contributed by atoms with E-state index in [2.05, 4.69) is 6.92 Å². The molecule has 0 spiro atoms. The summed E-state index contributed by atoms with van der Waals surface area (Å²) in [6, 6.07) is 0. The molecule has 98 valence electrons. The molecule has 2 heteroatoms. The van der Waals surface area contributed by atoms with Gasteiger partial charge in [-0.2, -0.15) is 0 Å². The Balaban J connectivity index is 2.93. The number of hydrogen-bond acceptors (Lipinski definition) is 1. The first kappa shape index (κ1) is 16.3. The van der Waals surface area contributed by atoms with Gasteiger partial charge in [-0.25, -0.2) is 0 Å². The molecule has 0 aliphatic heterocycles. The summed E-state index contributed by atoms with van der Waals surface area (Å²) in [7, 11) is 0. The van der Waals surface area contributed by atoms with Crippen molar-refractivity contribution in [3.8, 4) is 0 Å². The molecule has 16 heavy (non-hydrogen) atoms. The molecule has 0 saturated carbocycles. The zero-order valence-electron chi connectivity index (χ0n) is 11.3. The van der Waals surface area contributed by atoms with Crippen LogP contribution in [0, 0.1) is 0 Å². The van der Waals surface area contributed by atoms with Crippen molar-refractivity contribution in [1.29, 1.82) is 0 Å². The minimum absolute atomic E-state index is 0.540. The number of unbranched alkanes of at least 4 members (excludes halogenated alkanes) is 9. The SMILES string of the molecule is CCCCCCCCCCCC[S+]([O-])CC. The minimum atomic E-state index is -0.540. The van der Waals surface area contributed by atoms with Crippen molar-refractivity contribution in [1.82, 2.24) is 0 Å². The van der Waals surface area contributed by atoms with Crippen molar-refractivity contribution in [3.63, 3.8) is 0 Å². The van der Waals surface area contributed by atoms with E-state index >= 15 is 0 Å². The van der Waals surface area contributed by atoms with Crippen LogP contribution in [-0.4, -0.2) is 16.1 Å². The van der Waals surface area contributed by atoms with Crippen LogP contribution in [0.25, 0.3) is 0 Å². The monoisotopic (exact) mass is 246 g/mol. The Labute approximate surface area is 106 Å². The summed E-state index contributed by atoms with van der Waals surface area (Å²) in [4.78, 5) is 0. The molecule has 0 saturated heterocycles. The highest BCUT2D eigenvalue weighted by Crippen LogP contribution is 2.10. The molecule has 0 aliphatic carbocycles. The van der Waals surface area contributed by atoms with Gasteiger partial charge in [-0.15, -0.1) is 0 Å². The fourth-order valence-corrected chi connectivity index (χ4v) is 2.71.